The molecule has 0 aromatic rings. The van der Waals surface area contributed by atoms with Crippen LogP contribution in [0.2, 0.25) is 0 Å². The number of likely N-dealkylation sites (tertiary alicyclic amines) is 1. The monoisotopic (exact) mass is 300 g/mol. The fourth-order valence-electron chi connectivity index (χ4n) is 2.86. The van der Waals surface area contributed by atoms with Crippen LogP contribution in [-0.4, -0.2) is 66.8 Å². The van der Waals surface area contributed by atoms with Crippen molar-refractivity contribution in [2.45, 2.75) is 39.0 Å². The Morgan fingerprint density at radius 3 is 2.71 bits per heavy atom. The lowest BCUT2D eigenvalue weighted by atomic mass is 9.96. The van der Waals surface area contributed by atoms with Crippen LogP contribution in [0.3, 0.4) is 0 Å². The van der Waals surface area contributed by atoms with Gasteiger partial charge < -0.3 is 19.6 Å². The average Bonchev–Trinajstić information content (AvgIpc) is 2.68. The minimum Gasteiger partial charge on any atom is -0.480 e. The first-order chi connectivity index (χ1) is 10.1. The highest BCUT2D eigenvalue weighted by Crippen LogP contribution is 2.22. The molecule has 1 saturated heterocycles. The summed E-state index contributed by atoms with van der Waals surface area (Å²) in [7, 11) is 1.55. The molecule has 1 N–H and O–H groups in total. The molecule has 0 aliphatic carbocycles. The molecule has 1 rings (SSSR count). The van der Waals surface area contributed by atoms with Crippen molar-refractivity contribution in [3.05, 3.63) is 0 Å². The molecule has 0 aromatic carbocycles. The van der Waals surface area contributed by atoms with Crippen molar-refractivity contribution < 1.29 is 19.4 Å². The summed E-state index contributed by atoms with van der Waals surface area (Å²) in [4.78, 5) is 26.6. The second-order valence-electron chi connectivity index (χ2n) is 5.66. The molecule has 0 bridgehead atoms. The van der Waals surface area contributed by atoms with Crippen LogP contribution in [0.15, 0.2) is 0 Å². The molecule has 122 valence electrons. The van der Waals surface area contributed by atoms with E-state index in [-0.39, 0.29) is 12.6 Å². The molecule has 1 fully saturated rings. The number of hydrogen-bond donors (Lipinski definition) is 1. The van der Waals surface area contributed by atoms with Gasteiger partial charge in [0.05, 0.1) is 6.61 Å². The summed E-state index contributed by atoms with van der Waals surface area (Å²) in [5, 5.41) is 8.94. The fourth-order valence-corrected chi connectivity index (χ4v) is 2.86. The van der Waals surface area contributed by atoms with Crippen molar-refractivity contribution in [2.24, 2.45) is 5.92 Å². The van der Waals surface area contributed by atoms with Gasteiger partial charge in [0, 0.05) is 26.7 Å². The second-order valence-corrected chi connectivity index (χ2v) is 5.66. The molecule has 0 spiro atoms. The zero-order chi connectivity index (χ0) is 15.7. The number of carboxylic acids is 1. The summed E-state index contributed by atoms with van der Waals surface area (Å²) in [5.74, 6) is -0.294. The number of aliphatic carboxylic acids is 1. The number of nitrogens with zero attached hydrogens (tertiary/aromatic N) is 2. The number of carbonyl (C=O) groups excluding carboxylic acids is 1. The summed E-state index contributed by atoms with van der Waals surface area (Å²) in [5.41, 5.74) is 0. The summed E-state index contributed by atoms with van der Waals surface area (Å²) < 4.78 is 4.96. The molecule has 0 aromatic heterocycles. The largest absolute Gasteiger partial charge is 0.480 e. The maximum Gasteiger partial charge on any atom is 0.323 e. The number of carbonyl (C=O) groups is 2. The number of hydrogen-bond acceptors (Lipinski definition) is 3. The van der Waals surface area contributed by atoms with Crippen LogP contribution >= 0.6 is 0 Å². The Morgan fingerprint density at radius 1 is 1.33 bits per heavy atom. The van der Waals surface area contributed by atoms with Crippen LogP contribution in [0.25, 0.3) is 0 Å². The number of rotatable bonds is 7. The van der Waals surface area contributed by atoms with Gasteiger partial charge in [-0.2, -0.15) is 0 Å². The first-order valence-corrected chi connectivity index (χ1v) is 7.83. The number of urea groups is 1. The third-order valence-corrected chi connectivity index (χ3v) is 3.98. The zero-order valence-electron chi connectivity index (χ0n) is 13.2. The van der Waals surface area contributed by atoms with Crippen LogP contribution in [0.1, 0.15) is 39.0 Å². The highest BCUT2D eigenvalue weighted by atomic mass is 16.5. The Hall–Kier alpha value is -1.30. The molecule has 0 radical (unpaired) electrons. The van der Waals surface area contributed by atoms with Crippen molar-refractivity contribution in [2.75, 3.05) is 39.9 Å². The summed E-state index contributed by atoms with van der Waals surface area (Å²) in [6.07, 6.45) is 5.57. The summed E-state index contributed by atoms with van der Waals surface area (Å²) in [6.45, 7) is 4.04. The van der Waals surface area contributed by atoms with Gasteiger partial charge in [0.1, 0.15) is 6.54 Å². The predicted octanol–water partition coefficient (Wildman–Crippen LogP) is 2.04. The van der Waals surface area contributed by atoms with E-state index in [0.29, 0.717) is 19.1 Å². The van der Waals surface area contributed by atoms with E-state index in [0.717, 1.165) is 32.4 Å². The Balaban J connectivity index is 2.58. The van der Waals surface area contributed by atoms with Crippen LogP contribution in [0.4, 0.5) is 4.79 Å². The lowest BCUT2D eigenvalue weighted by Gasteiger charge is -2.28. The third kappa shape index (κ3) is 6.33. The number of amides is 2. The van der Waals surface area contributed by atoms with Gasteiger partial charge in [0.15, 0.2) is 0 Å². The van der Waals surface area contributed by atoms with Crippen LogP contribution in [0.5, 0.6) is 0 Å². The topological polar surface area (TPSA) is 70.1 Å². The Morgan fingerprint density at radius 2 is 2.10 bits per heavy atom. The van der Waals surface area contributed by atoms with Gasteiger partial charge in [-0.25, -0.2) is 4.79 Å². The van der Waals surface area contributed by atoms with Gasteiger partial charge in [0.25, 0.3) is 0 Å². The van der Waals surface area contributed by atoms with Gasteiger partial charge in [-0.3, -0.25) is 4.79 Å². The van der Waals surface area contributed by atoms with Crippen molar-refractivity contribution in [1.29, 1.82) is 0 Å². The molecule has 6 heteroatoms. The normalized spacial score (nSPS) is 19.1. The highest BCUT2D eigenvalue weighted by Gasteiger charge is 2.25. The predicted molar refractivity (Wildman–Crippen MR) is 80.3 cm³/mol. The van der Waals surface area contributed by atoms with E-state index in [4.69, 9.17) is 9.84 Å². The van der Waals surface area contributed by atoms with E-state index in [1.807, 2.05) is 0 Å². The summed E-state index contributed by atoms with van der Waals surface area (Å²) >= 11 is 0. The molecule has 0 saturated carbocycles. The Labute approximate surface area is 127 Å². The van der Waals surface area contributed by atoms with E-state index in [1.54, 1.807) is 12.0 Å². The quantitative estimate of drug-likeness (QED) is 0.781. The molecule has 1 heterocycles. The van der Waals surface area contributed by atoms with E-state index >= 15 is 0 Å². The smallest absolute Gasteiger partial charge is 0.323 e. The minimum atomic E-state index is -0.988. The lowest BCUT2D eigenvalue weighted by Crippen LogP contribution is -2.47. The average molecular weight is 300 g/mol. The molecule has 6 nitrogen and oxygen atoms in total. The fraction of sp³-hybridized carbons (Fsp3) is 0.867. The molecular formula is C15H28N2O4. The van der Waals surface area contributed by atoms with E-state index in [1.165, 1.54) is 17.7 Å². The SMILES string of the molecule is CCCC1CCCN(C(=O)N(CCOC)CC(=O)O)CC1. The van der Waals surface area contributed by atoms with Crippen molar-refractivity contribution >= 4 is 12.0 Å². The van der Waals surface area contributed by atoms with E-state index in [2.05, 4.69) is 6.92 Å². The maximum absolute atomic E-state index is 12.5. The second kappa shape index (κ2) is 9.60. The van der Waals surface area contributed by atoms with Gasteiger partial charge in [-0.05, 0) is 25.2 Å². The molecule has 2 amide bonds. The molecule has 1 aliphatic heterocycles. The number of ether oxygens (including phenoxy) is 1. The van der Waals surface area contributed by atoms with Crippen molar-refractivity contribution in [1.82, 2.24) is 9.80 Å². The molecular weight excluding hydrogens is 272 g/mol. The standard InChI is InChI=1S/C15H28N2O4/c1-3-5-13-6-4-8-16(9-7-13)15(20)17(10-11-21-2)12-14(18)19/h13H,3-12H2,1-2H3,(H,18,19). The van der Waals surface area contributed by atoms with Gasteiger partial charge >= 0.3 is 12.0 Å². The molecule has 1 atom stereocenters. The number of carboxylic acid groups (broad SMARTS) is 1. The lowest BCUT2D eigenvalue weighted by molar-refractivity contribution is -0.137. The van der Waals surface area contributed by atoms with E-state index < -0.39 is 5.97 Å². The molecule has 21 heavy (non-hydrogen) atoms. The van der Waals surface area contributed by atoms with Crippen molar-refractivity contribution in [3.8, 4) is 0 Å². The molecule has 1 aliphatic rings. The Kier molecular flexibility index (Phi) is 8.12. The Bertz CT molecular complexity index is 336. The highest BCUT2D eigenvalue weighted by molar-refractivity contribution is 5.80. The van der Waals surface area contributed by atoms with Gasteiger partial charge in [-0.15, -0.1) is 0 Å². The summed E-state index contributed by atoms with van der Waals surface area (Å²) in [6, 6.07) is -0.174. The molecule has 1 unspecified atom stereocenters. The van der Waals surface area contributed by atoms with Crippen molar-refractivity contribution in [3.63, 3.8) is 0 Å². The minimum absolute atomic E-state index is 0.174. The van der Waals surface area contributed by atoms with Crippen LogP contribution < -0.4 is 0 Å². The van der Waals surface area contributed by atoms with E-state index in [9.17, 15) is 9.59 Å². The van der Waals surface area contributed by atoms with Crippen LogP contribution in [0, 0.1) is 5.92 Å². The van der Waals surface area contributed by atoms with Crippen LogP contribution in [-0.2, 0) is 9.53 Å². The zero-order valence-corrected chi connectivity index (χ0v) is 13.2. The van der Waals surface area contributed by atoms with Gasteiger partial charge in [-0.1, -0.05) is 19.8 Å². The third-order valence-electron chi connectivity index (χ3n) is 3.98. The first kappa shape index (κ1) is 17.8. The number of methoxy groups -OCH3 is 1. The van der Waals surface area contributed by atoms with Gasteiger partial charge in [0.2, 0.25) is 0 Å². The first-order valence-electron chi connectivity index (χ1n) is 7.83. The maximum atomic E-state index is 12.5.